The normalized spacial score (nSPS) is 10.5. The van der Waals surface area contributed by atoms with E-state index in [9.17, 15) is 4.79 Å². The minimum absolute atomic E-state index is 0.0260. The fourth-order valence-electron chi connectivity index (χ4n) is 1.59. The molecular formula is C13H14ClN3O2. The molecule has 0 saturated heterocycles. The number of aryl methyl sites for hydroxylation is 1. The van der Waals surface area contributed by atoms with Crippen molar-refractivity contribution in [2.24, 2.45) is 7.05 Å². The number of halogens is 1. The van der Waals surface area contributed by atoms with Crippen LogP contribution in [0.5, 0.6) is 0 Å². The minimum Gasteiger partial charge on any atom is -0.392 e. The van der Waals surface area contributed by atoms with E-state index in [4.69, 9.17) is 16.7 Å². The van der Waals surface area contributed by atoms with Crippen LogP contribution in [0, 0.1) is 0 Å². The lowest BCUT2D eigenvalue weighted by Gasteiger charge is -2.08. The first-order valence-corrected chi connectivity index (χ1v) is 6.14. The van der Waals surface area contributed by atoms with E-state index in [1.165, 1.54) is 10.9 Å². The first-order chi connectivity index (χ1) is 9.11. The summed E-state index contributed by atoms with van der Waals surface area (Å²) in [5.74, 6) is 0. The topological polar surface area (TPSA) is 67.2 Å². The molecule has 0 bridgehead atoms. The summed E-state index contributed by atoms with van der Waals surface area (Å²) in [4.78, 5) is 11.6. The molecule has 0 aliphatic heterocycles. The van der Waals surface area contributed by atoms with Gasteiger partial charge in [-0.2, -0.15) is 5.10 Å². The fraction of sp³-hybridized carbons (Fsp3) is 0.231. The van der Waals surface area contributed by atoms with Gasteiger partial charge in [0.05, 0.1) is 18.5 Å². The number of aliphatic hydroxyl groups excluding tert-OH is 1. The summed E-state index contributed by atoms with van der Waals surface area (Å²) in [6.07, 6.45) is 1.52. The van der Waals surface area contributed by atoms with Crippen LogP contribution in [0.25, 0.3) is 0 Å². The average Bonchev–Trinajstić information content (AvgIpc) is 2.45. The molecule has 2 N–H and O–H groups in total. The van der Waals surface area contributed by atoms with Crippen LogP contribution < -0.4 is 10.9 Å². The second-order valence-corrected chi connectivity index (χ2v) is 4.51. The third-order valence-electron chi connectivity index (χ3n) is 2.77. The Labute approximate surface area is 115 Å². The van der Waals surface area contributed by atoms with Crippen LogP contribution in [0.15, 0.2) is 35.3 Å². The summed E-state index contributed by atoms with van der Waals surface area (Å²) in [6.45, 7) is 0.554. The lowest BCUT2D eigenvalue weighted by molar-refractivity contribution is 0.282. The lowest BCUT2D eigenvalue weighted by atomic mass is 10.1. The largest absolute Gasteiger partial charge is 0.392 e. The van der Waals surface area contributed by atoms with Gasteiger partial charge in [0.1, 0.15) is 5.02 Å². The van der Waals surface area contributed by atoms with Gasteiger partial charge in [-0.3, -0.25) is 4.79 Å². The number of aromatic nitrogens is 2. The fourth-order valence-corrected chi connectivity index (χ4v) is 1.83. The van der Waals surface area contributed by atoms with E-state index in [1.54, 1.807) is 7.05 Å². The van der Waals surface area contributed by atoms with Gasteiger partial charge < -0.3 is 10.4 Å². The highest BCUT2D eigenvalue weighted by Crippen LogP contribution is 2.16. The molecule has 0 unspecified atom stereocenters. The van der Waals surface area contributed by atoms with E-state index in [0.29, 0.717) is 12.2 Å². The monoisotopic (exact) mass is 279 g/mol. The Morgan fingerprint density at radius 3 is 2.58 bits per heavy atom. The number of nitrogens with zero attached hydrogens (tertiary/aromatic N) is 2. The Morgan fingerprint density at radius 2 is 1.95 bits per heavy atom. The summed E-state index contributed by atoms with van der Waals surface area (Å²) in [5, 5.41) is 16.0. The summed E-state index contributed by atoms with van der Waals surface area (Å²) in [7, 11) is 1.55. The van der Waals surface area contributed by atoms with Crippen molar-refractivity contribution in [1.29, 1.82) is 0 Å². The summed E-state index contributed by atoms with van der Waals surface area (Å²) in [6, 6.07) is 7.50. The number of aliphatic hydroxyl groups is 1. The minimum atomic E-state index is -0.331. The van der Waals surface area contributed by atoms with Crippen LogP contribution in [0.2, 0.25) is 5.02 Å². The molecule has 1 aromatic carbocycles. The number of anilines is 1. The average molecular weight is 280 g/mol. The Bertz CT molecular complexity index is 623. The Hall–Kier alpha value is -1.85. The molecular weight excluding hydrogens is 266 g/mol. The lowest BCUT2D eigenvalue weighted by Crippen LogP contribution is -2.21. The molecule has 2 aromatic rings. The molecule has 5 nitrogen and oxygen atoms in total. The van der Waals surface area contributed by atoms with E-state index in [-0.39, 0.29) is 17.2 Å². The van der Waals surface area contributed by atoms with Crippen LogP contribution in [-0.2, 0) is 20.2 Å². The smallest absolute Gasteiger partial charge is 0.287 e. The number of benzene rings is 1. The number of rotatable bonds is 4. The zero-order chi connectivity index (χ0) is 13.8. The first kappa shape index (κ1) is 13.6. The summed E-state index contributed by atoms with van der Waals surface area (Å²) < 4.78 is 1.18. The van der Waals surface area contributed by atoms with Gasteiger partial charge >= 0.3 is 0 Å². The molecule has 1 heterocycles. The number of hydrogen-bond donors (Lipinski definition) is 2. The van der Waals surface area contributed by atoms with Gasteiger partial charge in [-0.05, 0) is 11.1 Å². The molecule has 0 saturated carbocycles. The van der Waals surface area contributed by atoms with Crippen molar-refractivity contribution in [3.63, 3.8) is 0 Å². The van der Waals surface area contributed by atoms with Crippen molar-refractivity contribution < 1.29 is 5.11 Å². The van der Waals surface area contributed by atoms with Gasteiger partial charge in [0.2, 0.25) is 0 Å². The van der Waals surface area contributed by atoms with E-state index >= 15 is 0 Å². The second-order valence-electron chi connectivity index (χ2n) is 4.13. The van der Waals surface area contributed by atoms with Crippen molar-refractivity contribution >= 4 is 17.3 Å². The molecule has 6 heteroatoms. The number of hydrogen-bond acceptors (Lipinski definition) is 4. The number of nitrogens with one attached hydrogen (secondary N) is 1. The van der Waals surface area contributed by atoms with Gasteiger partial charge in [0, 0.05) is 13.6 Å². The third kappa shape index (κ3) is 3.13. The highest BCUT2D eigenvalue weighted by atomic mass is 35.5. The maximum Gasteiger partial charge on any atom is 0.287 e. The second kappa shape index (κ2) is 5.86. The van der Waals surface area contributed by atoms with Crippen LogP contribution in [-0.4, -0.2) is 14.9 Å². The van der Waals surface area contributed by atoms with Gasteiger partial charge in [-0.1, -0.05) is 35.9 Å². The SMILES string of the molecule is Cn1ncc(NCc2ccc(CO)cc2)c(Cl)c1=O. The maximum absolute atomic E-state index is 11.6. The molecule has 0 aliphatic carbocycles. The molecule has 1 aromatic heterocycles. The Morgan fingerprint density at radius 1 is 1.32 bits per heavy atom. The molecule has 0 spiro atoms. The van der Waals surface area contributed by atoms with Crippen molar-refractivity contribution in [3.05, 3.63) is 57.0 Å². The van der Waals surface area contributed by atoms with Gasteiger partial charge in [-0.15, -0.1) is 0 Å². The first-order valence-electron chi connectivity index (χ1n) is 5.76. The van der Waals surface area contributed by atoms with Crippen molar-refractivity contribution in [2.75, 3.05) is 5.32 Å². The van der Waals surface area contributed by atoms with Crippen molar-refractivity contribution in [1.82, 2.24) is 9.78 Å². The van der Waals surface area contributed by atoms with E-state index in [1.807, 2.05) is 24.3 Å². The molecule has 19 heavy (non-hydrogen) atoms. The zero-order valence-corrected chi connectivity index (χ0v) is 11.2. The molecule has 0 amide bonds. The predicted octanol–water partition coefficient (Wildman–Crippen LogP) is 1.54. The molecule has 100 valence electrons. The van der Waals surface area contributed by atoms with Crippen LogP contribution in [0.4, 0.5) is 5.69 Å². The highest BCUT2D eigenvalue weighted by Gasteiger charge is 2.06. The molecule has 0 fully saturated rings. The van der Waals surface area contributed by atoms with Crippen LogP contribution in [0.1, 0.15) is 11.1 Å². The van der Waals surface area contributed by atoms with Crippen LogP contribution in [0.3, 0.4) is 0 Å². The third-order valence-corrected chi connectivity index (χ3v) is 3.13. The summed E-state index contributed by atoms with van der Waals surface area (Å²) >= 11 is 5.94. The molecule has 0 radical (unpaired) electrons. The maximum atomic E-state index is 11.6. The highest BCUT2D eigenvalue weighted by molar-refractivity contribution is 6.32. The molecule has 0 aliphatic rings. The van der Waals surface area contributed by atoms with E-state index < -0.39 is 0 Å². The van der Waals surface area contributed by atoms with Gasteiger partial charge in [0.25, 0.3) is 5.56 Å². The van der Waals surface area contributed by atoms with E-state index in [2.05, 4.69) is 10.4 Å². The molecule has 2 rings (SSSR count). The standard InChI is InChI=1S/C13H14ClN3O2/c1-17-13(19)12(14)11(7-16-17)15-6-9-2-4-10(8-18)5-3-9/h2-5,7,15,18H,6,8H2,1H3. The van der Waals surface area contributed by atoms with Gasteiger partial charge in [-0.25, -0.2) is 4.68 Å². The van der Waals surface area contributed by atoms with Crippen LogP contribution >= 0.6 is 11.6 Å². The summed E-state index contributed by atoms with van der Waals surface area (Å²) in [5.41, 5.74) is 2.06. The molecule has 0 atom stereocenters. The van der Waals surface area contributed by atoms with Crippen molar-refractivity contribution in [2.45, 2.75) is 13.2 Å². The van der Waals surface area contributed by atoms with Gasteiger partial charge in [0.15, 0.2) is 0 Å². The Balaban J connectivity index is 2.10. The zero-order valence-electron chi connectivity index (χ0n) is 10.4. The van der Waals surface area contributed by atoms with E-state index in [0.717, 1.165) is 11.1 Å². The quantitative estimate of drug-likeness (QED) is 0.891. The Kier molecular flexibility index (Phi) is 4.19. The van der Waals surface area contributed by atoms with Crippen molar-refractivity contribution in [3.8, 4) is 0 Å². The predicted molar refractivity (Wildman–Crippen MR) is 74.2 cm³/mol.